The van der Waals surface area contributed by atoms with E-state index in [0.717, 1.165) is 22.1 Å². The van der Waals surface area contributed by atoms with Crippen molar-refractivity contribution in [3.05, 3.63) is 42.6 Å². The molecule has 2 atom stereocenters. The van der Waals surface area contributed by atoms with Crippen LogP contribution in [0.15, 0.2) is 16.9 Å². The second-order valence-corrected chi connectivity index (χ2v) is 6.01. The van der Waals surface area contributed by atoms with Crippen LogP contribution in [0, 0.1) is 11.8 Å². The third-order valence-electron chi connectivity index (χ3n) is 3.70. The molecule has 2 unspecified atom stereocenters. The monoisotopic (exact) mass is 240 g/mol. The summed E-state index contributed by atoms with van der Waals surface area (Å²) in [6.07, 6.45) is 14.9. The fourth-order valence-corrected chi connectivity index (χ4v) is 3.81. The molecule has 0 amide bonds. The highest BCUT2D eigenvalue weighted by Gasteiger charge is 2.35. The maximum Gasteiger partial charge on any atom is 0.195 e. The third kappa shape index (κ3) is 1.40. The van der Waals surface area contributed by atoms with Crippen molar-refractivity contribution in [1.82, 2.24) is 0 Å². The molecule has 0 aromatic carbocycles. The topological polar surface area (TPSA) is 17.1 Å². The van der Waals surface area contributed by atoms with Crippen LogP contribution in [0.2, 0.25) is 0 Å². The minimum atomic E-state index is 0.221. The molecule has 1 aromatic heterocycles. The highest BCUT2D eigenvalue weighted by molar-refractivity contribution is 7.10. The average Bonchev–Trinajstić information content (AvgIpc) is 3.09. The fourth-order valence-electron chi connectivity index (χ4n) is 2.63. The Labute approximate surface area is 103 Å². The maximum absolute atomic E-state index is 12.4. The average molecular weight is 240 g/mol. The van der Waals surface area contributed by atoms with Crippen molar-refractivity contribution >= 4 is 35.6 Å². The van der Waals surface area contributed by atoms with Gasteiger partial charge in [-0.05, 0) is 30.8 Å². The number of hydrogen-bond acceptors (Lipinski definition) is 2. The molecule has 0 N–H and O–H groups in total. The summed E-state index contributed by atoms with van der Waals surface area (Å²) in [6, 6.07) is 0. The largest absolute Gasteiger partial charge is 0.289 e. The van der Waals surface area contributed by atoms with Gasteiger partial charge < -0.3 is 0 Å². The van der Waals surface area contributed by atoms with Crippen LogP contribution in [0.4, 0.5) is 0 Å². The smallest absolute Gasteiger partial charge is 0.195 e. The summed E-state index contributed by atoms with van der Waals surface area (Å²) < 4.78 is 1.19. The molecule has 1 heterocycles. The normalized spacial score (nSPS) is 27.1. The first-order valence-corrected chi connectivity index (χ1v) is 6.88. The minimum Gasteiger partial charge on any atom is -0.289 e. The van der Waals surface area contributed by atoms with Gasteiger partial charge in [0.1, 0.15) is 0 Å². The molecule has 84 valence electrons. The van der Waals surface area contributed by atoms with E-state index in [4.69, 9.17) is 0 Å². The molecular formula is C15H12OS. The Morgan fingerprint density at radius 3 is 2.88 bits per heavy atom. The van der Waals surface area contributed by atoms with Gasteiger partial charge in [-0.15, -0.1) is 11.3 Å². The van der Waals surface area contributed by atoms with Gasteiger partial charge >= 0.3 is 0 Å². The molecule has 0 bridgehead atoms. The van der Waals surface area contributed by atoms with Crippen molar-refractivity contribution in [2.45, 2.75) is 12.8 Å². The van der Waals surface area contributed by atoms with Gasteiger partial charge in [-0.25, -0.2) is 0 Å². The zero-order chi connectivity index (χ0) is 11.4. The van der Waals surface area contributed by atoms with E-state index >= 15 is 0 Å². The molecule has 17 heavy (non-hydrogen) atoms. The summed E-state index contributed by atoms with van der Waals surface area (Å²) in [4.78, 5) is 13.6. The first-order valence-electron chi connectivity index (χ1n) is 6.07. The molecule has 0 aliphatic heterocycles. The molecule has 3 aliphatic carbocycles. The summed E-state index contributed by atoms with van der Waals surface area (Å²) in [5.41, 5.74) is 1.10. The summed E-state index contributed by atoms with van der Waals surface area (Å²) in [5, 5.41) is 0.951. The lowest BCUT2D eigenvalue weighted by Gasteiger charge is -2.02. The van der Waals surface area contributed by atoms with Gasteiger partial charge in [0.15, 0.2) is 5.43 Å². The molecule has 0 saturated heterocycles. The van der Waals surface area contributed by atoms with E-state index in [0.29, 0.717) is 11.8 Å². The number of rotatable bonds is 0. The second kappa shape index (κ2) is 3.30. The quantitative estimate of drug-likeness (QED) is 0.675. The van der Waals surface area contributed by atoms with E-state index in [-0.39, 0.29) is 5.43 Å². The van der Waals surface area contributed by atoms with E-state index in [2.05, 4.69) is 30.4 Å². The predicted octanol–water partition coefficient (Wildman–Crippen LogP) is 1.75. The van der Waals surface area contributed by atoms with Crippen LogP contribution in [0.1, 0.15) is 23.3 Å². The van der Waals surface area contributed by atoms with E-state index in [9.17, 15) is 4.79 Å². The highest BCUT2D eigenvalue weighted by atomic mass is 32.1. The van der Waals surface area contributed by atoms with Crippen LogP contribution >= 0.6 is 11.3 Å². The zero-order valence-electron chi connectivity index (χ0n) is 9.35. The van der Waals surface area contributed by atoms with Gasteiger partial charge in [0.25, 0.3) is 0 Å². The van der Waals surface area contributed by atoms with Crippen LogP contribution in [0.5, 0.6) is 0 Å². The Balaban J connectivity index is 2.15. The molecule has 1 aromatic rings. The number of allylic oxidation sites excluding steroid dienone is 2. The van der Waals surface area contributed by atoms with Crippen LogP contribution in [0.25, 0.3) is 24.3 Å². The van der Waals surface area contributed by atoms with Crippen molar-refractivity contribution in [1.29, 1.82) is 0 Å². The summed E-state index contributed by atoms with van der Waals surface area (Å²) in [5.74, 6) is 1.35. The predicted molar refractivity (Wildman–Crippen MR) is 73.1 cm³/mol. The molecule has 1 nitrogen and oxygen atoms in total. The van der Waals surface area contributed by atoms with E-state index in [1.807, 2.05) is 6.08 Å². The van der Waals surface area contributed by atoms with Crippen LogP contribution in [-0.4, -0.2) is 0 Å². The van der Waals surface area contributed by atoms with E-state index in [1.54, 1.807) is 11.3 Å². The number of hydrogen-bond donors (Lipinski definition) is 0. The molecule has 1 saturated carbocycles. The summed E-state index contributed by atoms with van der Waals surface area (Å²) >= 11 is 1.76. The molecule has 3 aliphatic rings. The fraction of sp³-hybridized carbons (Fsp3) is 0.267. The SMILES string of the molecule is O=c1c2c(sc3c1=CC1CC1C=3)C=CCC=C2. The van der Waals surface area contributed by atoms with Gasteiger partial charge in [0.2, 0.25) is 0 Å². The van der Waals surface area contributed by atoms with Crippen LogP contribution in [-0.2, 0) is 0 Å². The molecular weight excluding hydrogens is 228 g/mol. The van der Waals surface area contributed by atoms with Gasteiger partial charge in [-0.3, -0.25) is 4.79 Å². The number of fused-ring (bicyclic) bond motifs is 3. The van der Waals surface area contributed by atoms with Gasteiger partial charge in [-0.1, -0.05) is 30.4 Å². The van der Waals surface area contributed by atoms with Crippen molar-refractivity contribution in [2.75, 3.05) is 0 Å². The molecule has 2 heteroatoms. The Morgan fingerprint density at radius 1 is 1.12 bits per heavy atom. The van der Waals surface area contributed by atoms with Crippen LogP contribution < -0.4 is 15.2 Å². The Kier molecular flexibility index (Phi) is 1.86. The lowest BCUT2D eigenvalue weighted by Crippen LogP contribution is -2.40. The van der Waals surface area contributed by atoms with E-state index < -0.39 is 0 Å². The first kappa shape index (κ1) is 9.60. The lowest BCUT2D eigenvalue weighted by molar-refractivity contribution is 1.06. The third-order valence-corrected chi connectivity index (χ3v) is 4.86. The molecule has 4 rings (SSSR count). The van der Waals surface area contributed by atoms with Gasteiger partial charge in [0.05, 0.1) is 0 Å². The molecule has 0 spiro atoms. The Hall–Kier alpha value is -1.41. The Bertz CT molecular complexity index is 733. The lowest BCUT2D eigenvalue weighted by atomic mass is 10.1. The minimum absolute atomic E-state index is 0.221. The van der Waals surface area contributed by atoms with E-state index in [1.165, 1.54) is 11.0 Å². The van der Waals surface area contributed by atoms with Crippen molar-refractivity contribution in [3.63, 3.8) is 0 Å². The van der Waals surface area contributed by atoms with Crippen LogP contribution in [0.3, 0.4) is 0 Å². The van der Waals surface area contributed by atoms with Crippen molar-refractivity contribution in [2.24, 2.45) is 11.8 Å². The van der Waals surface area contributed by atoms with Gasteiger partial charge in [-0.2, -0.15) is 0 Å². The zero-order valence-corrected chi connectivity index (χ0v) is 10.2. The van der Waals surface area contributed by atoms with Gasteiger partial charge in [0, 0.05) is 20.2 Å². The highest BCUT2D eigenvalue weighted by Crippen LogP contribution is 2.41. The standard InChI is InChI=1S/C15H12OS/c16-15-11-4-2-1-3-5-13(11)17-14-8-10-6-9(10)7-12(14)15/h2-5,7-10H,1,6H2. The first-order chi connectivity index (χ1) is 8.33. The molecule has 0 radical (unpaired) electrons. The summed E-state index contributed by atoms with van der Waals surface area (Å²) in [6.45, 7) is 0. The maximum atomic E-state index is 12.4. The van der Waals surface area contributed by atoms with Crippen molar-refractivity contribution in [3.8, 4) is 0 Å². The molecule has 1 fully saturated rings. The second-order valence-electron chi connectivity index (χ2n) is 4.92. The Morgan fingerprint density at radius 2 is 1.94 bits per heavy atom. The van der Waals surface area contributed by atoms with Crippen molar-refractivity contribution < 1.29 is 0 Å². The summed E-state index contributed by atoms with van der Waals surface area (Å²) in [7, 11) is 0.